The molecule has 1 saturated carbocycles. The van der Waals surface area contributed by atoms with Crippen LogP contribution in [0.15, 0.2) is 29.2 Å². The summed E-state index contributed by atoms with van der Waals surface area (Å²) in [6, 6.07) is 7.31. The molecular formula is C20H31NO2S. The van der Waals surface area contributed by atoms with Crippen molar-refractivity contribution in [2.24, 2.45) is 11.3 Å². The van der Waals surface area contributed by atoms with Gasteiger partial charge in [0.15, 0.2) is 0 Å². The number of sulfonamides is 1. The second-order valence-electron chi connectivity index (χ2n) is 7.87. The van der Waals surface area contributed by atoms with Crippen LogP contribution in [0.3, 0.4) is 0 Å². The van der Waals surface area contributed by atoms with Crippen molar-refractivity contribution >= 4 is 10.0 Å². The summed E-state index contributed by atoms with van der Waals surface area (Å²) in [7, 11) is -3.35. The number of benzene rings is 1. The van der Waals surface area contributed by atoms with Crippen molar-refractivity contribution in [3.8, 4) is 0 Å². The van der Waals surface area contributed by atoms with Gasteiger partial charge >= 0.3 is 0 Å². The van der Waals surface area contributed by atoms with Crippen LogP contribution in [-0.2, 0) is 10.0 Å². The number of hydrogen-bond donors (Lipinski definition) is 0. The molecule has 1 saturated heterocycles. The van der Waals surface area contributed by atoms with E-state index in [0.29, 0.717) is 10.8 Å². The molecule has 0 amide bonds. The third kappa shape index (κ3) is 3.41. The summed E-state index contributed by atoms with van der Waals surface area (Å²) in [5, 5.41) is 0. The smallest absolute Gasteiger partial charge is 0.207 e. The predicted octanol–water partition coefficient (Wildman–Crippen LogP) is 4.76. The first-order valence-corrected chi connectivity index (χ1v) is 11.0. The Morgan fingerprint density at radius 1 is 1.17 bits per heavy atom. The molecule has 0 aromatic heterocycles. The van der Waals surface area contributed by atoms with Crippen LogP contribution in [0.5, 0.6) is 0 Å². The summed E-state index contributed by atoms with van der Waals surface area (Å²) in [5.74, 6) is 0.559. The largest absolute Gasteiger partial charge is 0.243 e. The molecule has 2 unspecified atom stereocenters. The van der Waals surface area contributed by atoms with Crippen molar-refractivity contribution in [2.45, 2.75) is 70.1 Å². The lowest BCUT2D eigenvalue weighted by molar-refractivity contribution is 0.131. The predicted molar refractivity (Wildman–Crippen MR) is 98.5 cm³/mol. The van der Waals surface area contributed by atoms with Crippen LogP contribution in [0.1, 0.15) is 63.9 Å². The molecule has 0 radical (unpaired) electrons. The maximum atomic E-state index is 13.1. The van der Waals surface area contributed by atoms with E-state index < -0.39 is 10.0 Å². The van der Waals surface area contributed by atoms with E-state index in [1.165, 1.54) is 51.4 Å². The van der Waals surface area contributed by atoms with E-state index in [2.05, 4.69) is 6.92 Å². The second kappa shape index (κ2) is 7.17. The molecule has 4 heteroatoms. The Morgan fingerprint density at radius 2 is 1.92 bits per heavy atom. The summed E-state index contributed by atoms with van der Waals surface area (Å²) in [4.78, 5) is 0.454. The van der Waals surface area contributed by atoms with Crippen molar-refractivity contribution in [3.05, 3.63) is 29.8 Å². The lowest BCUT2D eigenvalue weighted by Gasteiger charge is -2.39. The highest BCUT2D eigenvalue weighted by Crippen LogP contribution is 2.51. The number of unbranched alkanes of at least 4 members (excludes halogenated alkanes) is 2. The quantitative estimate of drug-likeness (QED) is 0.695. The van der Waals surface area contributed by atoms with E-state index in [9.17, 15) is 8.42 Å². The van der Waals surface area contributed by atoms with Gasteiger partial charge in [-0.2, -0.15) is 4.31 Å². The number of rotatable bonds is 6. The highest BCUT2D eigenvalue weighted by atomic mass is 32.2. The standard InChI is InChI=1S/C20H31NO2S/c1-3-4-6-13-20-14-7-5-8-18(20)15-21(16-20)24(22,23)19-11-9-17(2)10-12-19/h9-12,18H,3-8,13-16H2,1-2H3. The molecule has 2 fully saturated rings. The first-order chi connectivity index (χ1) is 11.5. The van der Waals surface area contributed by atoms with E-state index in [-0.39, 0.29) is 5.41 Å². The van der Waals surface area contributed by atoms with Crippen LogP contribution >= 0.6 is 0 Å². The van der Waals surface area contributed by atoms with Crippen molar-refractivity contribution in [3.63, 3.8) is 0 Å². The van der Waals surface area contributed by atoms with Crippen LogP contribution in [0.4, 0.5) is 0 Å². The first kappa shape index (κ1) is 17.9. The van der Waals surface area contributed by atoms with E-state index >= 15 is 0 Å². The normalized spacial score (nSPS) is 28.0. The van der Waals surface area contributed by atoms with Gasteiger partial charge in [-0.05, 0) is 49.7 Å². The van der Waals surface area contributed by atoms with E-state index in [1.54, 1.807) is 16.4 Å². The summed E-state index contributed by atoms with van der Waals surface area (Å²) < 4.78 is 28.0. The van der Waals surface area contributed by atoms with E-state index in [1.807, 2.05) is 19.1 Å². The number of fused-ring (bicyclic) bond motifs is 1. The van der Waals surface area contributed by atoms with Gasteiger partial charge in [0.1, 0.15) is 0 Å². The lowest BCUT2D eigenvalue weighted by atomic mass is 9.66. The molecule has 1 aromatic carbocycles. The molecule has 3 rings (SSSR count). The molecule has 134 valence electrons. The molecule has 2 aliphatic rings. The van der Waals surface area contributed by atoms with Gasteiger partial charge in [0.2, 0.25) is 10.0 Å². The molecule has 2 atom stereocenters. The summed E-state index contributed by atoms with van der Waals surface area (Å²) in [5.41, 5.74) is 1.34. The van der Waals surface area contributed by atoms with Gasteiger partial charge < -0.3 is 0 Å². The van der Waals surface area contributed by atoms with Gasteiger partial charge in [0.25, 0.3) is 0 Å². The molecule has 24 heavy (non-hydrogen) atoms. The van der Waals surface area contributed by atoms with Crippen LogP contribution in [0, 0.1) is 18.3 Å². The fourth-order valence-electron chi connectivity index (χ4n) is 4.71. The topological polar surface area (TPSA) is 37.4 Å². The Balaban J connectivity index is 1.81. The zero-order valence-corrected chi connectivity index (χ0v) is 15.9. The molecule has 1 heterocycles. The monoisotopic (exact) mass is 349 g/mol. The molecule has 0 bridgehead atoms. The molecule has 1 aromatic rings. The van der Waals surface area contributed by atoms with Gasteiger partial charge in [0, 0.05) is 13.1 Å². The fraction of sp³-hybridized carbons (Fsp3) is 0.700. The zero-order valence-electron chi connectivity index (χ0n) is 15.1. The van der Waals surface area contributed by atoms with Crippen LogP contribution in [-0.4, -0.2) is 25.8 Å². The maximum Gasteiger partial charge on any atom is 0.243 e. The van der Waals surface area contributed by atoms with Crippen molar-refractivity contribution in [2.75, 3.05) is 13.1 Å². The minimum Gasteiger partial charge on any atom is -0.207 e. The Morgan fingerprint density at radius 3 is 2.62 bits per heavy atom. The van der Waals surface area contributed by atoms with Gasteiger partial charge in [0.05, 0.1) is 4.90 Å². The van der Waals surface area contributed by atoms with E-state index in [0.717, 1.165) is 18.7 Å². The summed E-state index contributed by atoms with van der Waals surface area (Å²) >= 11 is 0. The molecular weight excluding hydrogens is 318 g/mol. The first-order valence-electron chi connectivity index (χ1n) is 9.55. The lowest BCUT2D eigenvalue weighted by Crippen LogP contribution is -2.34. The average molecular weight is 350 g/mol. The minimum atomic E-state index is -3.35. The molecule has 3 nitrogen and oxygen atoms in total. The highest BCUT2D eigenvalue weighted by Gasteiger charge is 2.50. The average Bonchev–Trinajstić information content (AvgIpc) is 2.96. The van der Waals surface area contributed by atoms with Crippen LogP contribution in [0.25, 0.3) is 0 Å². The number of aryl methyl sites for hydroxylation is 1. The Kier molecular flexibility index (Phi) is 5.36. The molecule has 0 N–H and O–H groups in total. The second-order valence-corrected chi connectivity index (χ2v) is 9.81. The fourth-order valence-corrected chi connectivity index (χ4v) is 6.29. The third-order valence-corrected chi connectivity index (χ3v) is 8.02. The zero-order chi connectivity index (χ0) is 17.2. The summed E-state index contributed by atoms with van der Waals surface area (Å²) in [6.45, 7) is 5.68. The van der Waals surface area contributed by atoms with Crippen LogP contribution in [0.2, 0.25) is 0 Å². The molecule has 1 aliphatic heterocycles. The third-order valence-electron chi connectivity index (χ3n) is 6.20. The van der Waals surface area contributed by atoms with E-state index in [4.69, 9.17) is 0 Å². The van der Waals surface area contributed by atoms with Gasteiger partial charge in [-0.1, -0.05) is 56.7 Å². The highest BCUT2D eigenvalue weighted by molar-refractivity contribution is 7.89. The number of nitrogens with zero attached hydrogens (tertiary/aromatic N) is 1. The Bertz CT molecular complexity index is 653. The van der Waals surface area contributed by atoms with Gasteiger partial charge in [-0.3, -0.25) is 0 Å². The van der Waals surface area contributed by atoms with Crippen molar-refractivity contribution < 1.29 is 8.42 Å². The Hall–Kier alpha value is -0.870. The van der Waals surface area contributed by atoms with Gasteiger partial charge in [-0.15, -0.1) is 0 Å². The molecule has 1 aliphatic carbocycles. The Labute approximate surface area is 147 Å². The minimum absolute atomic E-state index is 0.241. The van der Waals surface area contributed by atoms with Crippen LogP contribution < -0.4 is 0 Å². The summed E-state index contributed by atoms with van der Waals surface area (Å²) in [6.07, 6.45) is 9.87. The SMILES string of the molecule is CCCCCC12CCCCC1CN(S(=O)(=O)c1ccc(C)cc1)C2. The maximum absolute atomic E-state index is 13.1. The van der Waals surface area contributed by atoms with Gasteiger partial charge in [-0.25, -0.2) is 8.42 Å². The number of hydrogen-bond acceptors (Lipinski definition) is 2. The van der Waals surface area contributed by atoms with Crippen molar-refractivity contribution in [1.82, 2.24) is 4.31 Å². The van der Waals surface area contributed by atoms with Crippen molar-refractivity contribution in [1.29, 1.82) is 0 Å². The molecule has 0 spiro atoms.